The van der Waals surface area contributed by atoms with Gasteiger partial charge in [0.1, 0.15) is 0 Å². The Kier molecular flexibility index (Phi) is 5.98. The molecule has 1 heterocycles. The number of benzene rings is 2. The summed E-state index contributed by atoms with van der Waals surface area (Å²) < 4.78 is 6.39. The van der Waals surface area contributed by atoms with Crippen molar-refractivity contribution in [1.29, 1.82) is 0 Å². The molecule has 1 spiro atoms. The van der Waals surface area contributed by atoms with E-state index in [2.05, 4.69) is 60.7 Å². The van der Waals surface area contributed by atoms with Gasteiger partial charge in [-0.2, -0.15) is 0 Å². The molecule has 1 heteroatoms. The third-order valence-corrected chi connectivity index (χ3v) is 7.01. The minimum atomic E-state index is 0.179. The van der Waals surface area contributed by atoms with E-state index >= 15 is 0 Å². The maximum atomic E-state index is 6.39. The van der Waals surface area contributed by atoms with Gasteiger partial charge < -0.3 is 4.74 Å². The molecule has 1 nitrogen and oxygen atoms in total. The first-order valence-corrected chi connectivity index (χ1v) is 11.0. The van der Waals surface area contributed by atoms with Crippen molar-refractivity contribution in [2.45, 2.75) is 81.6 Å². The zero-order chi connectivity index (χ0) is 18.4. The Morgan fingerprint density at radius 1 is 0.741 bits per heavy atom. The molecule has 2 aliphatic rings. The molecule has 1 saturated heterocycles. The average molecular weight is 363 g/mol. The number of ether oxygens (including phenoxy) is 1. The molecule has 2 aromatic carbocycles. The van der Waals surface area contributed by atoms with Crippen LogP contribution in [0.15, 0.2) is 60.7 Å². The van der Waals surface area contributed by atoms with Gasteiger partial charge in [-0.15, -0.1) is 0 Å². The largest absolute Gasteiger partial charge is 0.375 e. The SMILES string of the molecule is c1ccc(CCCCC[C@@]2(c3ccccc3)CCOC3(CCCC3)C2)cc1. The standard InChI is InChI=1S/C26H34O/c1-4-12-23(13-5-1)14-6-3-9-17-25(24-15-7-2-8-16-24)20-21-27-26(22-25)18-10-11-19-26/h1-2,4-5,7-8,12-13,15-16H,3,6,9-11,14,17-22H2/t25-/m1/s1. The van der Waals surface area contributed by atoms with Crippen molar-refractivity contribution >= 4 is 0 Å². The number of aryl methyl sites for hydroxylation is 1. The molecule has 1 aliphatic carbocycles. The molecular formula is C26H34O. The van der Waals surface area contributed by atoms with Gasteiger partial charge in [0.2, 0.25) is 0 Å². The lowest BCUT2D eigenvalue weighted by Crippen LogP contribution is -2.46. The van der Waals surface area contributed by atoms with Crippen LogP contribution in [0.25, 0.3) is 0 Å². The molecule has 0 amide bonds. The van der Waals surface area contributed by atoms with Gasteiger partial charge in [-0.3, -0.25) is 0 Å². The van der Waals surface area contributed by atoms with Crippen molar-refractivity contribution in [2.24, 2.45) is 0 Å². The van der Waals surface area contributed by atoms with E-state index in [1.54, 1.807) is 5.56 Å². The highest BCUT2D eigenvalue weighted by atomic mass is 16.5. The summed E-state index contributed by atoms with van der Waals surface area (Å²) in [5.41, 5.74) is 3.54. The minimum Gasteiger partial charge on any atom is -0.375 e. The summed E-state index contributed by atoms with van der Waals surface area (Å²) in [6.45, 7) is 0.943. The Bertz CT molecular complexity index is 687. The van der Waals surface area contributed by atoms with E-state index < -0.39 is 0 Å². The molecule has 0 N–H and O–H groups in total. The Morgan fingerprint density at radius 3 is 2.19 bits per heavy atom. The summed E-state index contributed by atoms with van der Waals surface area (Å²) in [5.74, 6) is 0. The van der Waals surface area contributed by atoms with E-state index in [-0.39, 0.29) is 5.60 Å². The predicted octanol–water partition coefficient (Wildman–Crippen LogP) is 6.85. The summed E-state index contributed by atoms with van der Waals surface area (Å²) in [6.07, 6.45) is 14.2. The van der Waals surface area contributed by atoms with Crippen molar-refractivity contribution < 1.29 is 4.74 Å². The molecule has 0 bridgehead atoms. The van der Waals surface area contributed by atoms with Crippen LogP contribution in [0.3, 0.4) is 0 Å². The van der Waals surface area contributed by atoms with E-state index in [0.717, 1.165) is 6.61 Å². The Hall–Kier alpha value is -1.60. The van der Waals surface area contributed by atoms with Gasteiger partial charge >= 0.3 is 0 Å². The number of unbranched alkanes of at least 4 members (excludes halogenated alkanes) is 2. The normalized spacial score (nSPS) is 24.3. The van der Waals surface area contributed by atoms with Crippen molar-refractivity contribution in [2.75, 3.05) is 6.61 Å². The maximum Gasteiger partial charge on any atom is 0.0691 e. The van der Waals surface area contributed by atoms with Crippen molar-refractivity contribution in [3.63, 3.8) is 0 Å². The summed E-state index contributed by atoms with van der Waals surface area (Å²) in [6, 6.07) is 22.3. The van der Waals surface area contributed by atoms with Gasteiger partial charge in [0.15, 0.2) is 0 Å². The quantitative estimate of drug-likeness (QED) is 0.489. The molecule has 2 aromatic rings. The minimum absolute atomic E-state index is 0.179. The molecule has 144 valence electrons. The second-order valence-electron chi connectivity index (χ2n) is 8.86. The first-order chi connectivity index (χ1) is 13.3. The van der Waals surface area contributed by atoms with Crippen LogP contribution in [0.2, 0.25) is 0 Å². The van der Waals surface area contributed by atoms with Crippen LogP contribution in [0, 0.1) is 0 Å². The summed E-state index contributed by atoms with van der Waals surface area (Å²) >= 11 is 0. The fourth-order valence-corrected chi connectivity index (χ4v) is 5.57. The van der Waals surface area contributed by atoms with Crippen LogP contribution in [0.1, 0.15) is 75.3 Å². The molecule has 1 atom stereocenters. The average Bonchev–Trinajstić information content (AvgIpc) is 3.16. The molecule has 27 heavy (non-hydrogen) atoms. The number of hydrogen-bond acceptors (Lipinski definition) is 1. The molecule has 0 radical (unpaired) electrons. The highest BCUT2D eigenvalue weighted by Gasteiger charge is 2.47. The Balaban J connectivity index is 1.40. The summed E-state index contributed by atoms with van der Waals surface area (Å²) in [4.78, 5) is 0. The summed E-state index contributed by atoms with van der Waals surface area (Å²) in [5, 5.41) is 0. The lowest BCUT2D eigenvalue weighted by molar-refractivity contribution is -0.104. The van der Waals surface area contributed by atoms with E-state index in [4.69, 9.17) is 4.74 Å². The third kappa shape index (κ3) is 4.46. The lowest BCUT2D eigenvalue weighted by atomic mass is 9.65. The Morgan fingerprint density at radius 2 is 1.44 bits per heavy atom. The summed E-state index contributed by atoms with van der Waals surface area (Å²) in [7, 11) is 0. The van der Waals surface area contributed by atoms with E-state index in [1.807, 2.05) is 0 Å². The van der Waals surface area contributed by atoms with Crippen LogP contribution in [0.4, 0.5) is 0 Å². The van der Waals surface area contributed by atoms with Gasteiger partial charge in [-0.25, -0.2) is 0 Å². The third-order valence-electron chi connectivity index (χ3n) is 7.01. The van der Waals surface area contributed by atoms with E-state index in [0.29, 0.717) is 5.41 Å². The first-order valence-electron chi connectivity index (χ1n) is 11.0. The van der Waals surface area contributed by atoms with E-state index in [9.17, 15) is 0 Å². The van der Waals surface area contributed by atoms with Gasteiger partial charge in [0.25, 0.3) is 0 Å². The van der Waals surface area contributed by atoms with Crippen LogP contribution in [-0.2, 0) is 16.6 Å². The fraction of sp³-hybridized carbons (Fsp3) is 0.538. The topological polar surface area (TPSA) is 9.23 Å². The van der Waals surface area contributed by atoms with Crippen molar-refractivity contribution in [3.05, 3.63) is 71.8 Å². The first kappa shape index (κ1) is 18.7. The highest BCUT2D eigenvalue weighted by Crippen LogP contribution is 2.50. The molecule has 2 fully saturated rings. The van der Waals surface area contributed by atoms with E-state index in [1.165, 1.54) is 76.2 Å². The van der Waals surface area contributed by atoms with Crippen LogP contribution >= 0.6 is 0 Å². The molecule has 4 rings (SSSR count). The number of hydrogen-bond donors (Lipinski definition) is 0. The molecule has 0 aromatic heterocycles. The molecule has 1 aliphatic heterocycles. The zero-order valence-corrected chi connectivity index (χ0v) is 16.7. The van der Waals surface area contributed by atoms with Gasteiger partial charge in [0.05, 0.1) is 5.60 Å². The zero-order valence-electron chi connectivity index (χ0n) is 16.7. The number of rotatable bonds is 7. The van der Waals surface area contributed by atoms with Gasteiger partial charge in [-0.05, 0) is 56.1 Å². The van der Waals surface area contributed by atoms with Crippen LogP contribution in [-0.4, -0.2) is 12.2 Å². The van der Waals surface area contributed by atoms with Crippen LogP contribution in [0.5, 0.6) is 0 Å². The second-order valence-corrected chi connectivity index (χ2v) is 8.86. The maximum absolute atomic E-state index is 6.39. The van der Waals surface area contributed by atoms with Crippen molar-refractivity contribution in [3.8, 4) is 0 Å². The van der Waals surface area contributed by atoms with Gasteiger partial charge in [0, 0.05) is 12.0 Å². The van der Waals surface area contributed by atoms with Crippen LogP contribution < -0.4 is 0 Å². The smallest absolute Gasteiger partial charge is 0.0691 e. The second kappa shape index (κ2) is 8.61. The lowest BCUT2D eigenvalue weighted by Gasteiger charge is -2.47. The molecule has 1 saturated carbocycles. The fourth-order valence-electron chi connectivity index (χ4n) is 5.57. The van der Waals surface area contributed by atoms with Crippen molar-refractivity contribution in [1.82, 2.24) is 0 Å². The monoisotopic (exact) mass is 362 g/mol. The Labute approximate surface area is 165 Å². The van der Waals surface area contributed by atoms with Gasteiger partial charge in [-0.1, -0.05) is 86.3 Å². The molecular weight excluding hydrogens is 328 g/mol. The predicted molar refractivity (Wildman–Crippen MR) is 113 cm³/mol. The highest BCUT2D eigenvalue weighted by molar-refractivity contribution is 5.27. The molecule has 0 unspecified atom stereocenters.